The predicted molar refractivity (Wildman–Crippen MR) is 224 cm³/mol. The van der Waals surface area contributed by atoms with Crippen LogP contribution in [0.5, 0.6) is 0 Å². The van der Waals surface area contributed by atoms with E-state index < -0.39 is 0 Å². The molecule has 0 aromatic heterocycles. The molecule has 0 N–H and O–H groups in total. The van der Waals surface area contributed by atoms with Crippen LogP contribution in [0.25, 0.3) is 98.7 Å². The molecule has 242 valence electrons. The number of rotatable bonds is 5. The molecule has 0 nitrogen and oxygen atoms in total. The normalized spacial score (nSPS) is 11.5. The van der Waals surface area contributed by atoms with Gasteiger partial charge in [-0.2, -0.15) is 0 Å². The van der Waals surface area contributed by atoms with Gasteiger partial charge in [-0.3, -0.25) is 0 Å². The first kappa shape index (κ1) is 30.1. The first-order valence-corrected chi connectivity index (χ1v) is 18.0. The molecule has 0 aliphatic heterocycles. The Balaban J connectivity index is 1.28. The highest BCUT2D eigenvalue weighted by Gasteiger charge is 2.15. The van der Waals surface area contributed by atoms with Crippen LogP contribution in [0.4, 0.5) is 0 Å². The molecule has 0 unspecified atom stereocenters. The molecule has 0 amide bonds. The van der Waals surface area contributed by atoms with Crippen molar-refractivity contribution in [1.82, 2.24) is 0 Å². The Morgan fingerprint density at radius 2 is 0.385 bits per heavy atom. The molecular weight excluding hydrogens is 625 g/mol. The molecular formula is C52H34. The predicted octanol–water partition coefficient (Wildman–Crippen LogP) is 14.6. The Hall–Kier alpha value is -6.76. The lowest BCUT2D eigenvalue weighted by molar-refractivity contribution is 1.57. The highest BCUT2D eigenvalue weighted by Crippen LogP contribution is 2.42. The van der Waals surface area contributed by atoms with Crippen molar-refractivity contribution >= 4 is 43.1 Å². The second kappa shape index (κ2) is 12.5. The zero-order valence-electron chi connectivity index (χ0n) is 28.6. The van der Waals surface area contributed by atoms with Crippen molar-refractivity contribution in [2.45, 2.75) is 0 Å². The fourth-order valence-corrected chi connectivity index (χ4v) is 8.12. The third kappa shape index (κ3) is 5.25. The van der Waals surface area contributed by atoms with Gasteiger partial charge in [-0.15, -0.1) is 0 Å². The minimum atomic E-state index is 1.19. The molecule has 0 radical (unpaired) electrons. The van der Waals surface area contributed by atoms with E-state index in [4.69, 9.17) is 0 Å². The Bertz CT molecular complexity index is 2540. The smallest absolute Gasteiger partial charge is 0.0105 e. The molecule has 10 aromatic rings. The number of hydrogen-bond donors (Lipinski definition) is 0. The molecule has 52 heavy (non-hydrogen) atoms. The van der Waals surface area contributed by atoms with Crippen LogP contribution in [0.3, 0.4) is 0 Å². The summed E-state index contributed by atoms with van der Waals surface area (Å²) in [5.41, 5.74) is 12.2. The van der Waals surface area contributed by atoms with Gasteiger partial charge in [-0.25, -0.2) is 0 Å². The van der Waals surface area contributed by atoms with E-state index in [0.717, 1.165) is 0 Å². The molecule has 0 atom stereocenters. The van der Waals surface area contributed by atoms with Gasteiger partial charge in [-0.1, -0.05) is 170 Å². The summed E-state index contributed by atoms with van der Waals surface area (Å²) in [6, 6.07) is 75.8. The largest absolute Gasteiger partial charge is 0.0616 e. The van der Waals surface area contributed by atoms with Gasteiger partial charge in [0.1, 0.15) is 0 Å². The molecule has 0 saturated heterocycles. The topological polar surface area (TPSA) is 0 Å². The third-order valence-corrected chi connectivity index (χ3v) is 10.6. The summed E-state index contributed by atoms with van der Waals surface area (Å²) in [6.07, 6.45) is 0. The van der Waals surface area contributed by atoms with Crippen LogP contribution >= 0.6 is 0 Å². The standard InChI is InChI=1S/C52H34/c1-5-21-45-35(13-1)17-9-25-49(45)41-29-39(30-42(33-41)50-26-10-18-36-14-2-6-22-46(36)50)40-31-43(51-27-11-19-37-15-3-7-23-47(37)51)34-44(32-40)52-28-12-20-38-16-4-8-24-48(38)52/h1-34H. The van der Waals surface area contributed by atoms with Crippen LogP contribution in [0, 0.1) is 0 Å². The zero-order valence-corrected chi connectivity index (χ0v) is 28.6. The van der Waals surface area contributed by atoms with Crippen LogP contribution in [0.15, 0.2) is 206 Å². The van der Waals surface area contributed by atoms with Crippen molar-refractivity contribution in [1.29, 1.82) is 0 Å². The maximum Gasteiger partial charge on any atom is -0.0105 e. The molecule has 10 rings (SSSR count). The molecule has 0 aliphatic carbocycles. The van der Waals surface area contributed by atoms with E-state index in [1.807, 2.05) is 0 Å². The van der Waals surface area contributed by atoms with Gasteiger partial charge >= 0.3 is 0 Å². The van der Waals surface area contributed by atoms with Crippen LogP contribution in [0.1, 0.15) is 0 Å². The van der Waals surface area contributed by atoms with E-state index in [2.05, 4.69) is 206 Å². The number of benzene rings is 10. The maximum absolute atomic E-state index is 2.39. The van der Waals surface area contributed by atoms with E-state index in [1.165, 1.54) is 98.7 Å². The molecule has 0 fully saturated rings. The first-order chi connectivity index (χ1) is 25.8. The Kier molecular flexibility index (Phi) is 7.25. The molecule has 0 bridgehead atoms. The average Bonchev–Trinajstić information content (AvgIpc) is 3.22. The second-order valence-corrected chi connectivity index (χ2v) is 13.7. The van der Waals surface area contributed by atoms with Crippen molar-refractivity contribution in [2.75, 3.05) is 0 Å². The third-order valence-electron chi connectivity index (χ3n) is 10.6. The van der Waals surface area contributed by atoms with Gasteiger partial charge in [0.05, 0.1) is 0 Å². The molecule has 0 heterocycles. The highest BCUT2D eigenvalue weighted by atomic mass is 14.2. The summed E-state index contributed by atoms with van der Waals surface area (Å²) in [5, 5.41) is 10.0. The summed E-state index contributed by atoms with van der Waals surface area (Å²) < 4.78 is 0. The molecule has 0 aliphatic rings. The summed E-state index contributed by atoms with van der Waals surface area (Å²) in [5.74, 6) is 0. The van der Waals surface area contributed by atoms with Gasteiger partial charge in [-0.05, 0) is 135 Å². The zero-order chi connectivity index (χ0) is 34.4. The Morgan fingerprint density at radius 3 is 0.654 bits per heavy atom. The van der Waals surface area contributed by atoms with Crippen LogP contribution < -0.4 is 0 Å². The minimum Gasteiger partial charge on any atom is -0.0616 e. The van der Waals surface area contributed by atoms with Crippen molar-refractivity contribution in [3.8, 4) is 55.6 Å². The first-order valence-electron chi connectivity index (χ1n) is 18.0. The molecule has 0 spiro atoms. The molecule has 0 saturated carbocycles. The fraction of sp³-hybridized carbons (Fsp3) is 0. The average molecular weight is 659 g/mol. The van der Waals surface area contributed by atoms with Crippen LogP contribution in [-0.4, -0.2) is 0 Å². The van der Waals surface area contributed by atoms with Crippen LogP contribution in [0.2, 0.25) is 0 Å². The minimum absolute atomic E-state index is 1.19. The molecule has 0 heteroatoms. The van der Waals surface area contributed by atoms with Gasteiger partial charge in [0.15, 0.2) is 0 Å². The van der Waals surface area contributed by atoms with E-state index in [9.17, 15) is 0 Å². The second-order valence-electron chi connectivity index (χ2n) is 13.7. The SMILES string of the molecule is c1ccc2c(-c3cc(-c4cc(-c5cccc6ccccc56)cc(-c5cccc6ccccc56)c4)cc(-c4cccc5ccccc45)c3)cccc2c1. The summed E-state index contributed by atoms with van der Waals surface area (Å²) >= 11 is 0. The quantitative estimate of drug-likeness (QED) is 0.173. The molecule has 10 aromatic carbocycles. The lowest BCUT2D eigenvalue weighted by Crippen LogP contribution is -1.91. The van der Waals surface area contributed by atoms with Crippen molar-refractivity contribution < 1.29 is 0 Å². The van der Waals surface area contributed by atoms with Gasteiger partial charge in [0.25, 0.3) is 0 Å². The summed E-state index contributed by atoms with van der Waals surface area (Å²) in [7, 11) is 0. The van der Waals surface area contributed by atoms with Gasteiger partial charge in [0.2, 0.25) is 0 Å². The van der Waals surface area contributed by atoms with E-state index >= 15 is 0 Å². The monoisotopic (exact) mass is 658 g/mol. The fourth-order valence-electron chi connectivity index (χ4n) is 8.12. The van der Waals surface area contributed by atoms with Gasteiger partial charge < -0.3 is 0 Å². The lowest BCUT2D eigenvalue weighted by atomic mass is 9.87. The Morgan fingerprint density at radius 1 is 0.173 bits per heavy atom. The van der Waals surface area contributed by atoms with E-state index in [1.54, 1.807) is 0 Å². The van der Waals surface area contributed by atoms with E-state index in [-0.39, 0.29) is 0 Å². The maximum atomic E-state index is 2.39. The highest BCUT2D eigenvalue weighted by molar-refractivity contribution is 6.04. The van der Waals surface area contributed by atoms with E-state index in [0.29, 0.717) is 0 Å². The van der Waals surface area contributed by atoms with Crippen LogP contribution in [-0.2, 0) is 0 Å². The lowest BCUT2D eigenvalue weighted by Gasteiger charge is -2.17. The summed E-state index contributed by atoms with van der Waals surface area (Å²) in [4.78, 5) is 0. The van der Waals surface area contributed by atoms with Gasteiger partial charge in [0, 0.05) is 0 Å². The Labute approximate surface area is 303 Å². The van der Waals surface area contributed by atoms with Crippen molar-refractivity contribution in [3.05, 3.63) is 206 Å². The summed E-state index contributed by atoms with van der Waals surface area (Å²) in [6.45, 7) is 0. The van der Waals surface area contributed by atoms with Crippen molar-refractivity contribution in [2.24, 2.45) is 0 Å². The number of hydrogen-bond acceptors (Lipinski definition) is 0. The number of fused-ring (bicyclic) bond motifs is 4. The van der Waals surface area contributed by atoms with Crippen molar-refractivity contribution in [3.63, 3.8) is 0 Å².